The predicted octanol–water partition coefficient (Wildman–Crippen LogP) is 3.80. The van der Waals surface area contributed by atoms with Crippen molar-refractivity contribution in [3.8, 4) is 17.2 Å². The van der Waals surface area contributed by atoms with Crippen LogP contribution >= 0.6 is 0 Å². The van der Waals surface area contributed by atoms with Crippen molar-refractivity contribution >= 4 is 16.1 Å². The Hall–Kier alpha value is -2.94. The van der Waals surface area contributed by atoms with E-state index in [2.05, 4.69) is 5.32 Å². The lowest BCUT2D eigenvalue weighted by Gasteiger charge is -2.25. The number of hydrogen-bond acceptors (Lipinski definition) is 6. The zero-order valence-electron chi connectivity index (χ0n) is 18.8. The Morgan fingerprint density at radius 3 is 2.31 bits per heavy atom. The molecule has 2 aromatic carbocycles. The van der Waals surface area contributed by atoms with Gasteiger partial charge in [0.2, 0.25) is 0 Å². The monoisotopic (exact) mass is 462 g/mol. The molecule has 2 aromatic rings. The van der Waals surface area contributed by atoms with Gasteiger partial charge in [0.15, 0.2) is 11.5 Å². The van der Waals surface area contributed by atoms with Crippen molar-refractivity contribution < 1.29 is 26.9 Å². The molecule has 3 rings (SSSR count). The highest BCUT2D eigenvalue weighted by atomic mass is 32.2. The molecular weight excluding hydrogens is 432 g/mol. The lowest BCUT2D eigenvalue weighted by Crippen LogP contribution is -2.43. The average molecular weight is 463 g/mol. The first-order valence-electron chi connectivity index (χ1n) is 10.5. The number of amides is 2. The molecule has 0 aliphatic heterocycles. The fourth-order valence-corrected chi connectivity index (χ4v) is 4.12. The highest BCUT2D eigenvalue weighted by molar-refractivity contribution is 7.87. The van der Waals surface area contributed by atoms with Crippen LogP contribution in [0.5, 0.6) is 17.2 Å². The van der Waals surface area contributed by atoms with Crippen molar-refractivity contribution in [1.29, 1.82) is 0 Å². The molecule has 0 aromatic heterocycles. The molecule has 2 amide bonds. The van der Waals surface area contributed by atoms with Gasteiger partial charge in [-0.3, -0.25) is 0 Å². The smallest absolute Gasteiger partial charge is 0.339 e. The minimum absolute atomic E-state index is 0.00238. The number of hydrogen-bond donors (Lipinski definition) is 1. The first-order chi connectivity index (χ1) is 15.2. The second-order valence-corrected chi connectivity index (χ2v) is 9.67. The third-order valence-electron chi connectivity index (χ3n) is 5.02. The Morgan fingerprint density at radius 2 is 1.75 bits per heavy atom. The molecule has 0 heterocycles. The van der Waals surface area contributed by atoms with Crippen molar-refractivity contribution in [1.82, 2.24) is 10.2 Å². The van der Waals surface area contributed by atoms with Gasteiger partial charge in [0.25, 0.3) is 0 Å². The Morgan fingerprint density at radius 1 is 1.06 bits per heavy atom. The van der Waals surface area contributed by atoms with Crippen LogP contribution in [0.25, 0.3) is 0 Å². The van der Waals surface area contributed by atoms with Gasteiger partial charge in [0.1, 0.15) is 10.6 Å². The molecule has 8 nitrogen and oxygen atoms in total. The SMILES string of the molecule is COc1ccc(S(=O)(=O)Oc2cc(CN(CC3CC3)C(=O)NC(C)C)ccc2OC)cc1. The number of urea groups is 1. The van der Waals surface area contributed by atoms with E-state index >= 15 is 0 Å². The second kappa shape index (κ2) is 10.1. The number of nitrogens with zero attached hydrogens (tertiary/aromatic N) is 1. The first-order valence-corrected chi connectivity index (χ1v) is 11.9. The lowest BCUT2D eigenvalue weighted by atomic mass is 10.2. The summed E-state index contributed by atoms with van der Waals surface area (Å²) < 4.78 is 41.4. The quantitative estimate of drug-likeness (QED) is 0.540. The van der Waals surface area contributed by atoms with Crippen LogP contribution in [0.1, 0.15) is 32.3 Å². The summed E-state index contributed by atoms with van der Waals surface area (Å²) in [6.45, 7) is 4.82. The highest BCUT2D eigenvalue weighted by Gasteiger charge is 2.27. The maximum Gasteiger partial charge on any atom is 0.339 e. The van der Waals surface area contributed by atoms with E-state index in [0.717, 1.165) is 18.4 Å². The Bertz CT molecular complexity index is 1030. The van der Waals surface area contributed by atoms with E-state index in [1.54, 1.807) is 35.2 Å². The zero-order chi connectivity index (χ0) is 23.3. The summed E-state index contributed by atoms with van der Waals surface area (Å²) >= 11 is 0. The minimum atomic E-state index is -4.09. The van der Waals surface area contributed by atoms with Crippen LogP contribution in [0.15, 0.2) is 47.4 Å². The number of carbonyl (C=O) groups excluding carboxylic acids is 1. The molecule has 174 valence electrons. The lowest BCUT2D eigenvalue weighted by molar-refractivity contribution is 0.190. The molecule has 0 spiro atoms. The maximum atomic E-state index is 12.8. The Kier molecular flexibility index (Phi) is 7.50. The van der Waals surface area contributed by atoms with Crippen LogP contribution in [0.3, 0.4) is 0 Å². The van der Waals surface area contributed by atoms with Crippen LogP contribution in [-0.4, -0.2) is 46.2 Å². The number of methoxy groups -OCH3 is 2. The number of nitrogens with one attached hydrogen (secondary N) is 1. The third-order valence-corrected chi connectivity index (χ3v) is 6.27. The van der Waals surface area contributed by atoms with Crippen molar-refractivity contribution in [2.45, 2.75) is 44.2 Å². The topological polar surface area (TPSA) is 94.2 Å². The summed E-state index contributed by atoms with van der Waals surface area (Å²) in [7, 11) is -1.14. The van der Waals surface area contributed by atoms with E-state index in [4.69, 9.17) is 13.7 Å². The van der Waals surface area contributed by atoms with E-state index in [9.17, 15) is 13.2 Å². The largest absolute Gasteiger partial charge is 0.497 e. The Labute approximate surface area is 189 Å². The molecule has 0 radical (unpaired) electrons. The summed E-state index contributed by atoms with van der Waals surface area (Å²) in [5, 5.41) is 2.93. The third kappa shape index (κ3) is 6.29. The van der Waals surface area contributed by atoms with Gasteiger partial charge in [-0.25, -0.2) is 4.79 Å². The standard InChI is InChI=1S/C23H30N2O6S/c1-16(2)24-23(26)25(14-17-5-6-17)15-18-7-12-21(30-4)22(13-18)31-32(27,28)20-10-8-19(29-3)9-11-20/h7-13,16-17H,5-6,14-15H2,1-4H3,(H,24,26). The molecule has 1 N–H and O–H groups in total. The van der Waals surface area contributed by atoms with E-state index in [-0.39, 0.29) is 28.5 Å². The van der Waals surface area contributed by atoms with Gasteiger partial charge in [0.05, 0.1) is 14.2 Å². The molecule has 9 heteroatoms. The predicted molar refractivity (Wildman–Crippen MR) is 121 cm³/mol. The maximum absolute atomic E-state index is 12.8. The molecule has 0 bridgehead atoms. The van der Waals surface area contributed by atoms with Crippen LogP contribution in [0, 0.1) is 5.92 Å². The van der Waals surface area contributed by atoms with Crippen molar-refractivity contribution in [3.05, 3.63) is 48.0 Å². The highest BCUT2D eigenvalue weighted by Crippen LogP contribution is 2.33. The van der Waals surface area contributed by atoms with E-state index < -0.39 is 10.1 Å². The molecule has 0 saturated heterocycles. The van der Waals surface area contributed by atoms with E-state index in [0.29, 0.717) is 24.8 Å². The van der Waals surface area contributed by atoms with E-state index in [1.165, 1.54) is 26.4 Å². The number of benzene rings is 2. The summed E-state index contributed by atoms with van der Waals surface area (Å²) in [6.07, 6.45) is 2.23. The van der Waals surface area contributed by atoms with Gasteiger partial charge >= 0.3 is 16.1 Å². The fraction of sp³-hybridized carbons (Fsp3) is 0.435. The number of rotatable bonds is 10. The molecule has 0 unspecified atom stereocenters. The summed E-state index contributed by atoms with van der Waals surface area (Å²) in [4.78, 5) is 14.4. The molecule has 1 fully saturated rings. The zero-order valence-corrected chi connectivity index (χ0v) is 19.6. The van der Waals surface area contributed by atoms with Gasteiger partial charge < -0.3 is 23.9 Å². The van der Waals surface area contributed by atoms with E-state index in [1.807, 2.05) is 13.8 Å². The van der Waals surface area contributed by atoms with Crippen LogP contribution < -0.4 is 19.0 Å². The Balaban J connectivity index is 1.82. The van der Waals surface area contributed by atoms with Crippen LogP contribution in [0.4, 0.5) is 4.79 Å². The second-order valence-electron chi connectivity index (χ2n) is 8.13. The minimum Gasteiger partial charge on any atom is -0.497 e. The first kappa shape index (κ1) is 23.7. The molecule has 32 heavy (non-hydrogen) atoms. The average Bonchev–Trinajstić information content (AvgIpc) is 3.57. The van der Waals surface area contributed by atoms with Crippen molar-refractivity contribution in [2.75, 3.05) is 20.8 Å². The van der Waals surface area contributed by atoms with Gasteiger partial charge in [-0.1, -0.05) is 6.07 Å². The van der Waals surface area contributed by atoms with Gasteiger partial charge in [-0.05, 0) is 74.6 Å². The molecule has 1 saturated carbocycles. The number of ether oxygens (including phenoxy) is 2. The van der Waals surface area contributed by atoms with Crippen molar-refractivity contribution in [3.63, 3.8) is 0 Å². The van der Waals surface area contributed by atoms with Crippen LogP contribution in [-0.2, 0) is 16.7 Å². The fourth-order valence-electron chi connectivity index (χ4n) is 3.18. The van der Waals surface area contributed by atoms with Crippen LogP contribution in [0.2, 0.25) is 0 Å². The van der Waals surface area contributed by atoms with Gasteiger partial charge in [-0.15, -0.1) is 0 Å². The van der Waals surface area contributed by atoms with Gasteiger partial charge in [0, 0.05) is 19.1 Å². The summed E-state index contributed by atoms with van der Waals surface area (Å²) in [5.41, 5.74) is 0.741. The van der Waals surface area contributed by atoms with Crippen molar-refractivity contribution in [2.24, 2.45) is 5.92 Å². The molecule has 1 aliphatic carbocycles. The molecule has 1 aliphatic rings. The molecular formula is C23H30N2O6S. The summed E-state index contributed by atoms with van der Waals surface area (Å²) in [6, 6.07) is 10.8. The summed E-state index contributed by atoms with van der Waals surface area (Å²) in [5.74, 6) is 1.40. The molecule has 0 atom stereocenters. The van der Waals surface area contributed by atoms with Gasteiger partial charge in [-0.2, -0.15) is 8.42 Å². The normalized spacial score (nSPS) is 13.5. The number of carbonyl (C=O) groups is 1.